The number of hydrogen-bond donors (Lipinski definition) is 1. The van der Waals surface area contributed by atoms with Crippen molar-refractivity contribution in [2.24, 2.45) is 0 Å². The van der Waals surface area contributed by atoms with Crippen molar-refractivity contribution in [1.82, 2.24) is 4.98 Å². The van der Waals surface area contributed by atoms with Gasteiger partial charge in [-0.25, -0.2) is 13.8 Å². The normalized spacial score (nSPS) is 11.0. The Morgan fingerprint density at radius 3 is 2.57 bits per heavy atom. The molecule has 1 aromatic rings. The first-order valence-electron chi connectivity index (χ1n) is 3.73. The summed E-state index contributed by atoms with van der Waals surface area (Å²) in [6.07, 6.45) is -1.48. The summed E-state index contributed by atoms with van der Waals surface area (Å²) < 4.78 is 25.0. The first-order valence-corrected chi connectivity index (χ1v) is 4.64. The molecule has 0 bridgehead atoms. The van der Waals surface area contributed by atoms with E-state index in [9.17, 15) is 8.78 Å². The van der Waals surface area contributed by atoms with Gasteiger partial charge in [0.05, 0.1) is 12.2 Å². The van der Waals surface area contributed by atoms with Gasteiger partial charge in [-0.2, -0.15) is 0 Å². The number of alkyl halides is 3. The molecule has 0 aliphatic carbocycles. The van der Waals surface area contributed by atoms with E-state index < -0.39 is 18.6 Å². The van der Waals surface area contributed by atoms with Gasteiger partial charge in [0.15, 0.2) is 0 Å². The molecule has 1 heterocycles. The molecule has 0 fully saturated rings. The lowest BCUT2D eigenvalue weighted by molar-refractivity contribution is 0.146. The van der Waals surface area contributed by atoms with E-state index in [1.165, 1.54) is 6.20 Å². The largest absolute Gasteiger partial charge is 0.392 e. The summed E-state index contributed by atoms with van der Waals surface area (Å²) in [5, 5.41) is 8.63. The summed E-state index contributed by atoms with van der Waals surface area (Å²) in [7, 11) is 0. The topological polar surface area (TPSA) is 33.1 Å². The summed E-state index contributed by atoms with van der Waals surface area (Å²) in [5.41, 5.74) is -0.00353. The standard InChI is InChI=1S/C8H7Cl2F2NO/c9-1-4-2-13-7(10)6(8(11)12)5(4)3-14/h2,8,14H,1,3H2. The predicted molar refractivity (Wildman–Crippen MR) is 49.7 cm³/mol. The monoisotopic (exact) mass is 241 g/mol. The number of aliphatic hydroxyl groups is 1. The summed E-state index contributed by atoms with van der Waals surface area (Å²) >= 11 is 11.0. The third-order valence-corrected chi connectivity index (χ3v) is 2.38. The van der Waals surface area contributed by atoms with Crippen molar-refractivity contribution < 1.29 is 13.9 Å². The van der Waals surface area contributed by atoms with E-state index in [0.717, 1.165) is 0 Å². The Morgan fingerprint density at radius 2 is 2.14 bits per heavy atom. The van der Waals surface area contributed by atoms with Crippen LogP contribution in [0.15, 0.2) is 6.20 Å². The number of hydrogen-bond acceptors (Lipinski definition) is 2. The maximum absolute atomic E-state index is 12.5. The van der Waals surface area contributed by atoms with E-state index in [1.807, 2.05) is 0 Å². The highest BCUT2D eigenvalue weighted by Crippen LogP contribution is 2.31. The maximum atomic E-state index is 12.5. The van der Waals surface area contributed by atoms with Gasteiger partial charge in [0.2, 0.25) is 0 Å². The van der Waals surface area contributed by atoms with Gasteiger partial charge < -0.3 is 5.11 Å². The first kappa shape index (κ1) is 11.6. The van der Waals surface area contributed by atoms with Gasteiger partial charge >= 0.3 is 0 Å². The van der Waals surface area contributed by atoms with Crippen LogP contribution in [-0.4, -0.2) is 10.1 Å². The second-order valence-electron chi connectivity index (χ2n) is 2.56. The highest BCUT2D eigenvalue weighted by atomic mass is 35.5. The number of aromatic nitrogens is 1. The first-order chi connectivity index (χ1) is 6.61. The van der Waals surface area contributed by atoms with E-state index in [2.05, 4.69) is 4.98 Å². The molecule has 0 aromatic carbocycles. The van der Waals surface area contributed by atoms with Gasteiger partial charge in [-0.1, -0.05) is 11.6 Å². The number of halogens is 4. The fourth-order valence-electron chi connectivity index (χ4n) is 1.10. The second-order valence-corrected chi connectivity index (χ2v) is 3.18. The molecular formula is C8H7Cl2F2NO. The van der Waals surface area contributed by atoms with Crippen LogP contribution in [-0.2, 0) is 12.5 Å². The van der Waals surface area contributed by atoms with E-state index in [4.69, 9.17) is 28.3 Å². The Balaban J connectivity index is 3.35. The molecule has 1 aromatic heterocycles. The molecule has 6 heteroatoms. The molecule has 0 saturated heterocycles. The van der Waals surface area contributed by atoms with Crippen LogP contribution in [0, 0.1) is 0 Å². The molecule has 0 saturated carbocycles. The Hall–Kier alpha value is -0.450. The molecule has 1 rings (SSSR count). The molecule has 14 heavy (non-hydrogen) atoms. The van der Waals surface area contributed by atoms with E-state index in [-0.39, 0.29) is 16.6 Å². The second kappa shape index (κ2) is 4.87. The average Bonchev–Trinajstić information content (AvgIpc) is 2.16. The summed E-state index contributed by atoms with van der Waals surface area (Å²) in [6, 6.07) is 0. The molecule has 0 radical (unpaired) electrons. The number of nitrogens with zero attached hydrogens (tertiary/aromatic N) is 1. The summed E-state index contributed by atoms with van der Waals surface area (Å²) in [5.74, 6) is 0.0137. The maximum Gasteiger partial charge on any atom is 0.267 e. The van der Waals surface area contributed by atoms with E-state index >= 15 is 0 Å². The van der Waals surface area contributed by atoms with Crippen LogP contribution in [0.1, 0.15) is 23.1 Å². The fraction of sp³-hybridized carbons (Fsp3) is 0.375. The van der Waals surface area contributed by atoms with Gasteiger partial charge in [-0.05, 0) is 11.1 Å². The minimum atomic E-state index is -2.76. The molecular weight excluding hydrogens is 235 g/mol. The quantitative estimate of drug-likeness (QED) is 0.652. The molecule has 0 aliphatic heterocycles. The molecule has 0 aliphatic rings. The third kappa shape index (κ3) is 2.13. The Morgan fingerprint density at radius 1 is 1.50 bits per heavy atom. The van der Waals surface area contributed by atoms with Crippen LogP contribution >= 0.6 is 23.2 Å². The molecule has 0 unspecified atom stereocenters. The smallest absolute Gasteiger partial charge is 0.267 e. The van der Waals surface area contributed by atoms with Crippen molar-refractivity contribution in [2.75, 3.05) is 0 Å². The van der Waals surface area contributed by atoms with Gasteiger partial charge in [0, 0.05) is 12.1 Å². The van der Waals surface area contributed by atoms with Gasteiger partial charge in [0.25, 0.3) is 6.43 Å². The van der Waals surface area contributed by atoms with Gasteiger partial charge in [-0.15, -0.1) is 11.6 Å². The Bertz CT molecular complexity index is 333. The van der Waals surface area contributed by atoms with Crippen LogP contribution < -0.4 is 0 Å². The van der Waals surface area contributed by atoms with Crippen molar-refractivity contribution in [1.29, 1.82) is 0 Å². The van der Waals surface area contributed by atoms with Crippen molar-refractivity contribution in [3.63, 3.8) is 0 Å². The summed E-state index contributed by atoms with van der Waals surface area (Å²) in [6.45, 7) is -0.524. The van der Waals surface area contributed by atoms with Crippen molar-refractivity contribution in [3.05, 3.63) is 28.0 Å². The van der Waals surface area contributed by atoms with Gasteiger partial charge in [0.1, 0.15) is 5.15 Å². The molecule has 1 N–H and O–H groups in total. The van der Waals surface area contributed by atoms with E-state index in [0.29, 0.717) is 5.56 Å². The van der Waals surface area contributed by atoms with Crippen LogP contribution in [0.4, 0.5) is 8.78 Å². The average molecular weight is 242 g/mol. The molecule has 0 spiro atoms. The Kier molecular flexibility index (Phi) is 4.04. The molecule has 2 nitrogen and oxygen atoms in total. The van der Waals surface area contributed by atoms with E-state index in [1.54, 1.807) is 0 Å². The minimum Gasteiger partial charge on any atom is -0.392 e. The fourth-order valence-corrected chi connectivity index (χ4v) is 1.58. The molecule has 0 amide bonds. The molecule has 0 atom stereocenters. The van der Waals surface area contributed by atoms with Crippen LogP contribution in [0.25, 0.3) is 0 Å². The van der Waals surface area contributed by atoms with Crippen molar-refractivity contribution in [3.8, 4) is 0 Å². The SMILES string of the molecule is OCc1c(CCl)cnc(Cl)c1C(F)F. The number of aliphatic hydroxyl groups excluding tert-OH is 1. The van der Waals surface area contributed by atoms with Crippen LogP contribution in [0.3, 0.4) is 0 Å². The van der Waals surface area contributed by atoms with Crippen LogP contribution in [0.5, 0.6) is 0 Å². The highest BCUT2D eigenvalue weighted by molar-refractivity contribution is 6.30. The minimum absolute atomic E-state index is 0.0137. The number of rotatable bonds is 3. The van der Waals surface area contributed by atoms with Crippen LogP contribution in [0.2, 0.25) is 5.15 Å². The Labute approximate surface area is 89.5 Å². The molecule has 78 valence electrons. The lowest BCUT2D eigenvalue weighted by atomic mass is 10.1. The number of pyridine rings is 1. The zero-order valence-corrected chi connectivity index (χ0v) is 8.49. The lowest BCUT2D eigenvalue weighted by Crippen LogP contribution is -2.02. The van der Waals surface area contributed by atoms with Crippen molar-refractivity contribution in [2.45, 2.75) is 18.9 Å². The third-order valence-electron chi connectivity index (χ3n) is 1.79. The van der Waals surface area contributed by atoms with Gasteiger partial charge in [-0.3, -0.25) is 0 Å². The zero-order chi connectivity index (χ0) is 10.7. The van der Waals surface area contributed by atoms with Crippen molar-refractivity contribution >= 4 is 23.2 Å². The predicted octanol–water partition coefficient (Wildman–Crippen LogP) is 2.90. The lowest BCUT2D eigenvalue weighted by Gasteiger charge is -2.11. The zero-order valence-electron chi connectivity index (χ0n) is 6.98. The summed E-state index contributed by atoms with van der Waals surface area (Å²) in [4.78, 5) is 3.57. The highest BCUT2D eigenvalue weighted by Gasteiger charge is 2.20.